The van der Waals surface area contributed by atoms with Gasteiger partial charge in [-0.1, -0.05) is 38.1 Å². The summed E-state index contributed by atoms with van der Waals surface area (Å²) in [5.74, 6) is 0.599. The summed E-state index contributed by atoms with van der Waals surface area (Å²) >= 11 is 0. The van der Waals surface area contributed by atoms with Gasteiger partial charge in [-0.3, -0.25) is 4.79 Å². The van der Waals surface area contributed by atoms with E-state index in [4.69, 9.17) is 4.74 Å². The van der Waals surface area contributed by atoms with E-state index in [0.29, 0.717) is 5.75 Å². The van der Waals surface area contributed by atoms with Gasteiger partial charge in [0.15, 0.2) is 6.61 Å². The van der Waals surface area contributed by atoms with Crippen LogP contribution >= 0.6 is 0 Å². The topological polar surface area (TPSA) is 38.3 Å². The molecule has 0 heterocycles. The molecule has 0 fully saturated rings. The van der Waals surface area contributed by atoms with Gasteiger partial charge >= 0.3 is 0 Å². The maximum Gasteiger partial charge on any atom is 0.262 e. The molecule has 0 saturated heterocycles. The highest BCUT2D eigenvalue weighted by Gasteiger charge is 2.34. The molecule has 1 aliphatic carbocycles. The van der Waals surface area contributed by atoms with Crippen molar-refractivity contribution < 1.29 is 9.53 Å². The van der Waals surface area contributed by atoms with Crippen molar-refractivity contribution in [1.29, 1.82) is 0 Å². The number of nitrogens with one attached hydrogen (secondary N) is 1. The van der Waals surface area contributed by atoms with Crippen LogP contribution in [0.25, 0.3) is 0 Å². The van der Waals surface area contributed by atoms with Crippen LogP contribution in [0.5, 0.6) is 5.75 Å². The van der Waals surface area contributed by atoms with E-state index < -0.39 is 0 Å². The first-order chi connectivity index (χ1) is 7.58. The fourth-order valence-corrected chi connectivity index (χ4v) is 1.37. The first-order valence-electron chi connectivity index (χ1n) is 5.29. The minimum absolute atomic E-state index is 0.0530. The molecule has 3 heteroatoms. The van der Waals surface area contributed by atoms with E-state index in [1.54, 1.807) is 0 Å². The van der Waals surface area contributed by atoms with Gasteiger partial charge in [0.2, 0.25) is 0 Å². The Morgan fingerprint density at radius 3 is 2.50 bits per heavy atom. The highest BCUT2D eigenvalue weighted by atomic mass is 16.5. The van der Waals surface area contributed by atoms with Crippen LogP contribution in [-0.4, -0.2) is 12.5 Å². The van der Waals surface area contributed by atoms with E-state index in [0.717, 1.165) is 5.70 Å². The molecule has 16 heavy (non-hydrogen) atoms. The summed E-state index contributed by atoms with van der Waals surface area (Å²) in [6.07, 6.45) is 2.02. The Labute approximate surface area is 95.1 Å². The summed E-state index contributed by atoms with van der Waals surface area (Å²) in [5, 5.41) is 2.81. The van der Waals surface area contributed by atoms with Crippen molar-refractivity contribution in [3.05, 3.63) is 42.1 Å². The molecule has 1 amide bonds. The number of benzene rings is 1. The van der Waals surface area contributed by atoms with E-state index in [2.05, 4.69) is 19.2 Å². The SMILES string of the molecule is CC1(C)C=C1NC(=O)COc1ccccc1. The smallest absolute Gasteiger partial charge is 0.262 e. The number of hydrogen-bond acceptors (Lipinski definition) is 2. The lowest BCUT2D eigenvalue weighted by Gasteiger charge is -2.07. The maximum atomic E-state index is 11.5. The van der Waals surface area contributed by atoms with Crippen LogP contribution < -0.4 is 10.1 Å². The number of allylic oxidation sites excluding steroid dienone is 2. The monoisotopic (exact) mass is 217 g/mol. The van der Waals surface area contributed by atoms with Crippen LogP contribution in [0.2, 0.25) is 0 Å². The highest BCUT2D eigenvalue weighted by molar-refractivity contribution is 5.80. The van der Waals surface area contributed by atoms with Crippen LogP contribution in [0.4, 0.5) is 0 Å². The zero-order chi connectivity index (χ0) is 11.6. The van der Waals surface area contributed by atoms with Gasteiger partial charge in [-0.15, -0.1) is 0 Å². The van der Waals surface area contributed by atoms with Crippen molar-refractivity contribution in [2.75, 3.05) is 6.61 Å². The predicted octanol–water partition coefficient (Wildman–Crippen LogP) is 2.11. The summed E-state index contributed by atoms with van der Waals surface area (Å²) < 4.78 is 5.33. The van der Waals surface area contributed by atoms with Gasteiger partial charge in [-0.05, 0) is 12.1 Å². The molecule has 3 nitrogen and oxygen atoms in total. The molecule has 1 aliphatic rings. The van der Waals surface area contributed by atoms with E-state index >= 15 is 0 Å². The molecule has 1 N–H and O–H groups in total. The van der Waals surface area contributed by atoms with Crippen molar-refractivity contribution in [2.45, 2.75) is 13.8 Å². The van der Waals surface area contributed by atoms with E-state index in [-0.39, 0.29) is 17.9 Å². The number of para-hydroxylation sites is 1. The van der Waals surface area contributed by atoms with Crippen molar-refractivity contribution in [3.63, 3.8) is 0 Å². The van der Waals surface area contributed by atoms with E-state index in [1.165, 1.54) is 0 Å². The average Bonchev–Trinajstić information content (AvgIpc) is 2.84. The average molecular weight is 217 g/mol. The lowest BCUT2D eigenvalue weighted by atomic mass is 10.1. The Balaban J connectivity index is 1.75. The van der Waals surface area contributed by atoms with Crippen LogP contribution in [0.1, 0.15) is 13.8 Å². The fraction of sp³-hybridized carbons (Fsp3) is 0.308. The number of hydrogen-bond donors (Lipinski definition) is 1. The number of rotatable bonds is 4. The van der Waals surface area contributed by atoms with Gasteiger partial charge in [0.05, 0.1) is 0 Å². The van der Waals surface area contributed by atoms with Gasteiger partial charge < -0.3 is 10.1 Å². The lowest BCUT2D eigenvalue weighted by molar-refractivity contribution is -0.122. The van der Waals surface area contributed by atoms with E-state index in [9.17, 15) is 4.79 Å². The Kier molecular flexibility index (Phi) is 2.69. The second-order valence-electron chi connectivity index (χ2n) is 4.43. The maximum absolute atomic E-state index is 11.5. The quantitative estimate of drug-likeness (QED) is 0.838. The number of carbonyl (C=O) groups excluding carboxylic acids is 1. The van der Waals surface area contributed by atoms with Gasteiger partial charge in [0, 0.05) is 11.1 Å². The molecule has 0 aliphatic heterocycles. The summed E-state index contributed by atoms with van der Waals surface area (Å²) in [6.45, 7) is 4.17. The van der Waals surface area contributed by atoms with Crippen molar-refractivity contribution >= 4 is 5.91 Å². The lowest BCUT2D eigenvalue weighted by Crippen LogP contribution is -2.27. The predicted molar refractivity (Wildman–Crippen MR) is 61.9 cm³/mol. The number of ether oxygens (including phenoxy) is 1. The van der Waals surface area contributed by atoms with Gasteiger partial charge in [0.25, 0.3) is 5.91 Å². The molecule has 0 saturated carbocycles. The Morgan fingerprint density at radius 2 is 1.94 bits per heavy atom. The van der Waals surface area contributed by atoms with Crippen molar-refractivity contribution in [3.8, 4) is 5.75 Å². The van der Waals surface area contributed by atoms with E-state index in [1.807, 2.05) is 36.4 Å². The first kappa shape index (κ1) is 10.7. The molecule has 84 valence electrons. The zero-order valence-electron chi connectivity index (χ0n) is 9.49. The third-order valence-corrected chi connectivity index (χ3v) is 2.50. The standard InChI is InChI=1S/C13H15NO2/c1-13(2)8-11(13)14-12(15)9-16-10-6-4-3-5-7-10/h3-8H,9H2,1-2H3,(H,14,15). The summed E-state index contributed by atoms with van der Waals surface area (Å²) in [7, 11) is 0. The molecular weight excluding hydrogens is 202 g/mol. The van der Waals surface area contributed by atoms with Crippen LogP contribution in [0, 0.1) is 5.41 Å². The van der Waals surface area contributed by atoms with Gasteiger partial charge in [-0.25, -0.2) is 0 Å². The first-order valence-corrected chi connectivity index (χ1v) is 5.29. The highest BCUT2D eigenvalue weighted by Crippen LogP contribution is 2.40. The van der Waals surface area contributed by atoms with Gasteiger partial charge in [-0.2, -0.15) is 0 Å². The Hall–Kier alpha value is -1.77. The molecule has 0 unspecified atom stereocenters. The second-order valence-corrected chi connectivity index (χ2v) is 4.43. The largest absolute Gasteiger partial charge is 0.484 e. The van der Waals surface area contributed by atoms with Gasteiger partial charge in [0.1, 0.15) is 5.75 Å². The summed E-state index contributed by atoms with van der Waals surface area (Å²) in [6, 6.07) is 9.31. The molecule has 1 aromatic rings. The Morgan fingerprint density at radius 1 is 1.31 bits per heavy atom. The molecule has 1 aromatic carbocycles. The third-order valence-electron chi connectivity index (χ3n) is 2.50. The molecule has 0 radical (unpaired) electrons. The molecule has 0 spiro atoms. The van der Waals surface area contributed by atoms with Crippen molar-refractivity contribution in [1.82, 2.24) is 5.32 Å². The number of amides is 1. The van der Waals surface area contributed by atoms with Crippen molar-refractivity contribution in [2.24, 2.45) is 5.41 Å². The van der Waals surface area contributed by atoms with Crippen LogP contribution in [0.15, 0.2) is 42.1 Å². The second kappa shape index (κ2) is 4.00. The molecule has 0 atom stereocenters. The summed E-state index contributed by atoms with van der Waals surface area (Å²) in [4.78, 5) is 11.5. The minimum Gasteiger partial charge on any atom is -0.484 e. The molecule has 2 rings (SSSR count). The zero-order valence-corrected chi connectivity index (χ0v) is 9.49. The summed E-state index contributed by atoms with van der Waals surface area (Å²) in [5.41, 5.74) is 1.04. The molecule has 0 aromatic heterocycles. The van der Waals surface area contributed by atoms with Crippen LogP contribution in [0.3, 0.4) is 0 Å². The normalized spacial score (nSPS) is 16.2. The fourth-order valence-electron chi connectivity index (χ4n) is 1.37. The molecular formula is C13H15NO2. The molecule has 0 bridgehead atoms. The third kappa shape index (κ3) is 2.63. The number of carbonyl (C=O) groups is 1. The minimum atomic E-state index is -0.110. The Bertz CT molecular complexity index is 421. The van der Waals surface area contributed by atoms with Crippen LogP contribution in [-0.2, 0) is 4.79 Å².